The number of hydrogen-bond donors (Lipinski definition) is 1. The summed E-state index contributed by atoms with van der Waals surface area (Å²) < 4.78 is 4.96. The smallest absolute Gasteiger partial charge is 0.408 e. The van der Waals surface area contributed by atoms with Gasteiger partial charge in [-0.1, -0.05) is 6.07 Å². The number of nitrogens with one attached hydrogen (secondary N) is 1. The minimum Gasteiger partial charge on any atom is -0.408 e. The largest absolute Gasteiger partial charge is 0.417 e. The van der Waals surface area contributed by atoms with E-state index in [1.807, 2.05) is 18.0 Å². The quantitative estimate of drug-likeness (QED) is 0.780. The SMILES string of the molecule is CN(CC#N)Cc1ccc2[nH]c(=O)oc2c1. The summed E-state index contributed by atoms with van der Waals surface area (Å²) in [6, 6.07) is 7.59. The van der Waals surface area contributed by atoms with Gasteiger partial charge in [-0.05, 0) is 24.7 Å². The normalized spacial score (nSPS) is 10.8. The highest BCUT2D eigenvalue weighted by Crippen LogP contribution is 2.13. The Bertz CT molecular complexity index is 591. The maximum absolute atomic E-state index is 10.9. The van der Waals surface area contributed by atoms with Crippen molar-refractivity contribution < 1.29 is 4.42 Å². The van der Waals surface area contributed by atoms with Crippen LogP contribution in [0.4, 0.5) is 0 Å². The van der Waals surface area contributed by atoms with Crippen LogP contribution < -0.4 is 5.76 Å². The Morgan fingerprint density at radius 3 is 3.12 bits per heavy atom. The molecule has 1 heterocycles. The Kier molecular flexibility index (Phi) is 2.75. The molecule has 1 N–H and O–H groups in total. The van der Waals surface area contributed by atoms with E-state index in [9.17, 15) is 4.79 Å². The fourth-order valence-corrected chi connectivity index (χ4v) is 1.58. The second-order valence-electron chi connectivity index (χ2n) is 3.68. The average Bonchev–Trinajstić information content (AvgIpc) is 2.57. The Balaban J connectivity index is 2.26. The van der Waals surface area contributed by atoms with Crippen LogP contribution >= 0.6 is 0 Å². The number of aromatic nitrogens is 1. The zero-order chi connectivity index (χ0) is 11.5. The van der Waals surface area contributed by atoms with Crippen molar-refractivity contribution in [1.82, 2.24) is 9.88 Å². The minimum atomic E-state index is -0.447. The number of nitrogens with zero attached hydrogens (tertiary/aromatic N) is 2. The van der Waals surface area contributed by atoms with Crippen LogP contribution in [0.5, 0.6) is 0 Å². The molecular weight excluding hydrogens is 206 g/mol. The van der Waals surface area contributed by atoms with E-state index in [0.29, 0.717) is 24.2 Å². The molecule has 0 aliphatic heterocycles. The third-order valence-corrected chi connectivity index (χ3v) is 2.28. The van der Waals surface area contributed by atoms with E-state index in [1.54, 1.807) is 12.1 Å². The topological polar surface area (TPSA) is 73.0 Å². The molecule has 0 radical (unpaired) electrons. The standard InChI is InChI=1S/C11H11N3O2/c1-14(5-4-12)7-8-2-3-9-10(6-8)16-11(15)13-9/h2-3,6H,5,7H2,1H3,(H,13,15). The van der Waals surface area contributed by atoms with Gasteiger partial charge in [0.15, 0.2) is 5.58 Å². The molecule has 0 bridgehead atoms. The van der Waals surface area contributed by atoms with Crippen LogP contribution in [-0.2, 0) is 6.54 Å². The van der Waals surface area contributed by atoms with Crippen LogP contribution in [0.2, 0.25) is 0 Å². The summed E-state index contributed by atoms with van der Waals surface area (Å²) in [7, 11) is 1.86. The summed E-state index contributed by atoms with van der Waals surface area (Å²) in [5.41, 5.74) is 2.25. The van der Waals surface area contributed by atoms with Gasteiger partial charge in [-0.25, -0.2) is 4.79 Å². The molecule has 1 aromatic carbocycles. The van der Waals surface area contributed by atoms with Gasteiger partial charge >= 0.3 is 5.76 Å². The molecule has 5 nitrogen and oxygen atoms in total. The molecule has 0 spiro atoms. The number of aromatic amines is 1. The summed E-state index contributed by atoms with van der Waals surface area (Å²) in [5, 5.41) is 8.53. The van der Waals surface area contributed by atoms with E-state index >= 15 is 0 Å². The van der Waals surface area contributed by atoms with Crippen LogP contribution in [0.1, 0.15) is 5.56 Å². The lowest BCUT2D eigenvalue weighted by atomic mass is 10.2. The van der Waals surface area contributed by atoms with E-state index in [0.717, 1.165) is 5.56 Å². The summed E-state index contributed by atoms with van der Waals surface area (Å²) in [5.74, 6) is -0.447. The second-order valence-corrected chi connectivity index (χ2v) is 3.68. The van der Waals surface area contributed by atoms with Crippen molar-refractivity contribution in [2.75, 3.05) is 13.6 Å². The molecule has 16 heavy (non-hydrogen) atoms. The maximum atomic E-state index is 10.9. The zero-order valence-electron chi connectivity index (χ0n) is 8.86. The first-order valence-corrected chi connectivity index (χ1v) is 4.86. The molecule has 0 atom stereocenters. The van der Waals surface area contributed by atoms with Crippen LogP contribution in [0.15, 0.2) is 27.4 Å². The fraction of sp³-hybridized carbons (Fsp3) is 0.273. The van der Waals surface area contributed by atoms with Gasteiger partial charge in [-0.15, -0.1) is 0 Å². The van der Waals surface area contributed by atoms with Crippen molar-refractivity contribution in [3.05, 3.63) is 34.3 Å². The highest BCUT2D eigenvalue weighted by atomic mass is 16.4. The predicted molar refractivity (Wildman–Crippen MR) is 58.8 cm³/mol. The number of fused-ring (bicyclic) bond motifs is 1. The first-order chi connectivity index (χ1) is 7.69. The monoisotopic (exact) mass is 217 g/mol. The minimum absolute atomic E-state index is 0.370. The first-order valence-electron chi connectivity index (χ1n) is 4.86. The first kappa shape index (κ1) is 10.5. The van der Waals surface area contributed by atoms with E-state index < -0.39 is 5.76 Å². The van der Waals surface area contributed by atoms with Crippen molar-refractivity contribution in [2.24, 2.45) is 0 Å². The maximum Gasteiger partial charge on any atom is 0.417 e. The zero-order valence-corrected chi connectivity index (χ0v) is 8.86. The third kappa shape index (κ3) is 2.12. The van der Waals surface area contributed by atoms with Crippen molar-refractivity contribution in [1.29, 1.82) is 5.26 Å². The van der Waals surface area contributed by atoms with E-state index in [-0.39, 0.29) is 0 Å². The molecule has 1 aromatic heterocycles. The average molecular weight is 217 g/mol. The molecular formula is C11H11N3O2. The number of nitriles is 1. The lowest BCUT2D eigenvalue weighted by Gasteiger charge is -2.11. The van der Waals surface area contributed by atoms with E-state index in [1.165, 1.54) is 0 Å². The van der Waals surface area contributed by atoms with Crippen molar-refractivity contribution in [3.8, 4) is 6.07 Å². The van der Waals surface area contributed by atoms with E-state index in [4.69, 9.17) is 9.68 Å². The molecule has 0 fully saturated rings. The molecule has 0 aliphatic rings. The van der Waals surface area contributed by atoms with Gasteiger partial charge in [0.25, 0.3) is 0 Å². The lowest BCUT2D eigenvalue weighted by Crippen LogP contribution is -2.17. The molecule has 82 valence electrons. The van der Waals surface area contributed by atoms with Crippen LogP contribution in [0.25, 0.3) is 11.1 Å². The molecule has 5 heteroatoms. The summed E-state index contributed by atoms with van der Waals surface area (Å²) in [4.78, 5) is 15.4. The highest BCUT2D eigenvalue weighted by Gasteiger charge is 2.04. The highest BCUT2D eigenvalue weighted by molar-refractivity contribution is 5.72. The predicted octanol–water partition coefficient (Wildman–Crippen LogP) is 1.08. The van der Waals surface area contributed by atoms with Gasteiger partial charge in [0.05, 0.1) is 18.1 Å². The number of benzene rings is 1. The Labute approximate surface area is 91.9 Å². The van der Waals surface area contributed by atoms with Gasteiger partial charge in [0.1, 0.15) is 0 Å². The number of rotatable bonds is 3. The van der Waals surface area contributed by atoms with Gasteiger partial charge in [-0.2, -0.15) is 5.26 Å². The number of H-pyrrole nitrogens is 1. The van der Waals surface area contributed by atoms with Gasteiger partial charge in [-0.3, -0.25) is 9.88 Å². The summed E-state index contributed by atoms with van der Waals surface area (Å²) in [6.07, 6.45) is 0. The Morgan fingerprint density at radius 1 is 1.56 bits per heavy atom. The third-order valence-electron chi connectivity index (χ3n) is 2.28. The van der Waals surface area contributed by atoms with Crippen molar-refractivity contribution >= 4 is 11.1 Å². The van der Waals surface area contributed by atoms with Crippen molar-refractivity contribution in [2.45, 2.75) is 6.54 Å². The molecule has 0 saturated carbocycles. The fourth-order valence-electron chi connectivity index (χ4n) is 1.58. The molecule has 2 aromatic rings. The molecule has 0 amide bonds. The summed E-state index contributed by atoms with van der Waals surface area (Å²) >= 11 is 0. The Hall–Kier alpha value is -2.06. The number of hydrogen-bond acceptors (Lipinski definition) is 4. The number of oxazole rings is 1. The van der Waals surface area contributed by atoms with Crippen LogP contribution in [-0.4, -0.2) is 23.5 Å². The van der Waals surface area contributed by atoms with Crippen LogP contribution in [0.3, 0.4) is 0 Å². The van der Waals surface area contributed by atoms with Gasteiger partial charge in [0.2, 0.25) is 0 Å². The Morgan fingerprint density at radius 2 is 2.38 bits per heavy atom. The molecule has 0 saturated heterocycles. The molecule has 0 unspecified atom stereocenters. The molecule has 0 aliphatic carbocycles. The van der Waals surface area contributed by atoms with Crippen molar-refractivity contribution in [3.63, 3.8) is 0 Å². The molecule has 2 rings (SSSR count). The lowest BCUT2D eigenvalue weighted by molar-refractivity contribution is 0.367. The van der Waals surface area contributed by atoms with Gasteiger partial charge in [0, 0.05) is 6.54 Å². The van der Waals surface area contributed by atoms with Crippen LogP contribution in [0, 0.1) is 11.3 Å². The van der Waals surface area contributed by atoms with Gasteiger partial charge < -0.3 is 4.42 Å². The summed E-state index contributed by atoms with van der Waals surface area (Å²) in [6.45, 7) is 1.02. The van der Waals surface area contributed by atoms with E-state index in [2.05, 4.69) is 11.1 Å². The second kappa shape index (κ2) is 4.21.